The Hall–Kier alpha value is -4.55. The number of fused-ring (bicyclic) bond motifs is 1. The summed E-state index contributed by atoms with van der Waals surface area (Å²) in [6, 6.07) is 29.9. The fourth-order valence-electron chi connectivity index (χ4n) is 4.24. The van der Waals surface area contributed by atoms with Crippen LogP contribution >= 0.6 is 11.6 Å². The Morgan fingerprint density at radius 3 is 2.05 bits per heavy atom. The Balaban J connectivity index is 1.44. The fourth-order valence-corrected chi connectivity index (χ4v) is 4.41. The molecule has 0 aliphatic heterocycles. The van der Waals surface area contributed by atoms with Crippen molar-refractivity contribution in [2.75, 3.05) is 5.32 Å². The van der Waals surface area contributed by atoms with Crippen LogP contribution < -0.4 is 5.32 Å². The molecular weight excluding hydrogens is 510 g/mol. The zero-order valence-corrected chi connectivity index (χ0v) is 22.3. The van der Waals surface area contributed by atoms with Crippen molar-refractivity contribution in [3.8, 4) is 22.5 Å². The molecule has 0 radical (unpaired) electrons. The predicted octanol–water partition coefficient (Wildman–Crippen LogP) is 7.50. The third-order valence-electron chi connectivity index (χ3n) is 6.36. The van der Waals surface area contributed by atoms with Crippen LogP contribution in [0.2, 0.25) is 5.02 Å². The molecule has 194 valence electrons. The Bertz CT molecular complexity index is 1660. The summed E-state index contributed by atoms with van der Waals surface area (Å²) in [5, 5.41) is 3.32. The van der Waals surface area contributed by atoms with Crippen molar-refractivity contribution in [1.82, 2.24) is 9.97 Å². The van der Waals surface area contributed by atoms with Crippen molar-refractivity contribution >= 4 is 40.2 Å². The second-order valence-electron chi connectivity index (χ2n) is 9.11. The summed E-state index contributed by atoms with van der Waals surface area (Å²) in [6.07, 6.45) is -0.665. The van der Waals surface area contributed by atoms with Crippen LogP contribution in [0.3, 0.4) is 0 Å². The van der Waals surface area contributed by atoms with Crippen LogP contribution in [0.25, 0.3) is 33.5 Å². The van der Waals surface area contributed by atoms with Gasteiger partial charge >= 0.3 is 5.97 Å². The molecule has 0 saturated heterocycles. The van der Waals surface area contributed by atoms with Gasteiger partial charge in [-0.1, -0.05) is 85.3 Å². The molecule has 1 N–H and O–H groups in total. The first-order chi connectivity index (χ1) is 18.9. The van der Waals surface area contributed by atoms with E-state index in [4.69, 9.17) is 26.3 Å². The lowest BCUT2D eigenvalue weighted by atomic mass is 10.0. The van der Waals surface area contributed by atoms with Crippen LogP contribution in [0.5, 0.6) is 0 Å². The minimum atomic E-state index is -0.974. The number of nitrogens with one attached hydrogen (secondary N) is 1. The number of esters is 1. The molecule has 0 bridgehead atoms. The molecule has 1 amide bonds. The highest BCUT2D eigenvalue weighted by molar-refractivity contribution is 6.31. The summed E-state index contributed by atoms with van der Waals surface area (Å²) < 4.78 is 5.61. The second-order valence-corrected chi connectivity index (χ2v) is 9.54. The van der Waals surface area contributed by atoms with Gasteiger partial charge in [-0.25, -0.2) is 14.8 Å². The van der Waals surface area contributed by atoms with Crippen molar-refractivity contribution in [1.29, 1.82) is 0 Å². The molecule has 1 unspecified atom stereocenters. The topological polar surface area (TPSA) is 81.2 Å². The highest BCUT2D eigenvalue weighted by atomic mass is 35.5. The number of carbonyl (C=O) groups excluding carboxylic acids is 2. The highest BCUT2D eigenvalue weighted by Gasteiger charge is 2.23. The molecule has 5 rings (SSSR count). The predicted molar refractivity (Wildman–Crippen MR) is 155 cm³/mol. The van der Waals surface area contributed by atoms with E-state index < -0.39 is 18.0 Å². The van der Waals surface area contributed by atoms with Gasteiger partial charge in [-0.15, -0.1) is 0 Å². The largest absolute Gasteiger partial charge is 0.449 e. The van der Waals surface area contributed by atoms with E-state index in [1.807, 2.05) is 73.7 Å². The van der Waals surface area contributed by atoms with E-state index in [1.165, 1.54) is 0 Å². The summed E-state index contributed by atoms with van der Waals surface area (Å²) in [7, 11) is 0. The molecule has 0 aliphatic rings. The van der Waals surface area contributed by atoms with E-state index in [2.05, 4.69) is 5.32 Å². The van der Waals surface area contributed by atoms with Gasteiger partial charge in [-0.05, 0) is 49.2 Å². The first-order valence-electron chi connectivity index (χ1n) is 12.6. The van der Waals surface area contributed by atoms with Crippen molar-refractivity contribution in [3.63, 3.8) is 0 Å². The molecule has 39 heavy (non-hydrogen) atoms. The highest BCUT2D eigenvalue weighted by Crippen LogP contribution is 2.31. The third kappa shape index (κ3) is 5.81. The van der Waals surface area contributed by atoms with Gasteiger partial charge in [0, 0.05) is 21.8 Å². The van der Waals surface area contributed by atoms with Gasteiger partial charge in [0.2, 0.25) is 0 Å². The quantitative estimate of drug-likeness (QED) is 0.218. The van der Waals surface area contributed by atoms with Crippen molar-refractivity contribution in [2.45, 2.75) is 26.4 Å². The number of amides is 1. The van der Waals surface area contributed by atoms with E-state index in [0.717, 1.165) is 22.4 Å². The molecule has 1 aromatic heterocycles. The maximum atomic E-state index is 13.1. The van der Waals surface area contributed by atoms with Gasteiger partial charge in [0.1, 0.15) is 0 Å². The van der Waals surface area contributed by atoms with Gasteiger partial charge in [0.15, 0.2) is 6.10 Å². The summed E-state index contributed by atoms with van der Waals surface area (Å²) in [6.45, 7) is 3.65. The first-order valence-corrected chi connectivity index (χ1v) is 13.0. The van der Waals surface area contributed by atoms with Crippen LogP contribution in [-0.4, -0.2) is 27.9 Å². The monoisotopic (exact) mass is 535 g/mol. The zero-order chi connectivity index (χ0) is 27.4. The van der Waals surface area contributed by atoms with Crippen molar-refractivity contribution < 1.29 is 14.3 Å². The standard InChI is InChI=1S/C32H26ClN3O3/c1-3-28(31(37)36-26-19-24(33)16-14-20(26)2)39-32(38)23-15-17-25-27(18-23)35-30(22-12-8-5-9-13-22)29(34-25)21-10-6-4-7-11-21/h4-19,28H,3H2,1-2H3,(H,36,37). The van der Waals surface area contributed by atoms with E-state index in [1.54, 1.807) is 37.3 Å². The van der Waals surface area contributed by atoms with Crippen LogP contribution in [0.15, 0.2) is 97.1 Å². The molecule has 0 saturated carbocycles. The number of aryl methyl sites for hydroxylation is 1. The molecule has 1 heterocycles. The molecule has 7 heteroatoms. The smallest absolute Gasteiger partial charge is 0.338 e. The lowest BCUT2D eigenvalue weighted by Gasteiger charge is -2.17. The van der Waals surface area contributed by atoms with E-state index >= 15 is 0 Å². The minimum Gasteiger partial charge on any atom is -0.449 e. The maximum absolute atomic E-state index is 13.1. The maximum Gasteiger partial charge on any atom is 0.338 e. The third-order valence-corrected chi connectivity index (χ3v) is 6.60. The number of nitrogens with zero attached hydrogens (tertiary/aromatic N) is 2. The average Bonchev–Trinajstić information content (AvgIpc) is 2.97. The molecule has 4 aromatic carbocycles. The number of hydrogen-bond acceptors (Lipinski definition) is 5. The molecule has 6 nitrogen and oxygen atoms in total. The summed E-state index contributed by atoms with van der Waals surface area (Å²) in [4.78, 5) is 35.8. The Labute approximate surface area is 231 Å². The number of aromatic nitrogens is 2. The lowest BCUT2D eigenvalue weighted by molar-refractivity contribution is -0.124. The Morgan fingerprint density at radius 2 is 1.44 bits per heavy atom. The minimum absolute atomic E-state index is 0.286. The molecule has 0 fully saturated rings. The fraction of sp³-hybridized carbons (Fsp3) is 0.125. The van der Waals surface area contributed by atoms with Crippen LogP contribution in [0.4, 0.5) is 5.69 Å². The number of halogens is 1. The number of ether oxygens (including phenoxy) is 1. The van der Waals surface area contributed by atoms with Gasteiger partial charge < -0.3 is 10.1 Å². The van der Waals surface area contributed by atoms with Gasteiger partial charge in [-0.2, -0.15) is 0 Å². The first kappa shape index (κ1) is 26.1. The Morgan fingerprint density at radius 1 is 0.821 bits per heavy atom. The summed E-state index contributed by atoms with van der Waals surface area (Å²) in [5.74, 6) is -1.03. The molecule has 1 atom stereocenters. The summed E-state index contributed by atoms with van der Waals surface area (Å²) in [5.41, 5.74) is 6.23. The van der Waals surface area contributed by atoms with E-state index in [9.17, 15) is 9.59 Å². The number of rotatable bonds is 7. The zero-order valence-electron chi connectivity index (χ0n) is 21.5. The SMILES string of the molecule is CCC(OC(=O)c1ccc2nc(-c3ccccc3)c(-c3ccccc3)nc2c1)C(=O)Nc1cc(Cl)ccc1C. The average molecular weight is 536 g/mol. The number of anilines is 1. The van der Waals surface area contributed by atoms with E-state index in [0.29, 0.717) is 33.9 Å². The number of carbonyl (C=O) groups is 2. The molecule has 0 spiro atoms. The molecular formula is C32H26ClN3O3. The molecule has 0 aliphatic carbocycles. The van der Waals surface area contributed by atoms with Crippen molar-refractivity contribution in [2.24, 2.45) is 0 Å². The molecule has 5 aromatic rings. The van der Waals surface area contributed by atoms with Crippen LogP contribution in [-0.2, 0) is 9.53 Å². The summed E-state index contributed by atoms with van der Waals surface area (Å²) >= 11 is 6.07. The second kappa shape index (κ2) is 11.5. The van der Waals surface area contributed by atoms with Crippen molar-refractivity contribution in [3.05, 3.63) is 113 Å². The van der Waals surface area contributed by atoms with E-state index in [-0.39, 0.29) is 5.56 Å². The van der Waals surface area contributed by atoms with Gasteiger partial charge in [-0.3, -0.25) is 4.79 Å². The van der Waals surface area contributed by atoms with Crippen LogP contribution in [0.1, 0.15) is 29.3 Å². The Kier molecular flexibility index (Phi) is 7.66. The lowest BCUT2D eigenvalue weighted by Crippen LogP contribution is -2.32. The van der Waals surface area contributed by atoms with Gasteiger partial charge in [0.05, 0.1) is 28.0 Å². The number of benzene rings is 4. The normalized spacial score (nSPS) is 11.7. The number of hydrogen-bond donors (Lipinski definition) is 1. The van der Waals surface area contributed by atoms with Gasteiger partial charge in [0.25, 0.3) is 5.91 Å². The van der Waals surface area contributed by atoms with Crippen LogP contribution in [0, 0.1) is 6.92 Å².